The zero-order valence-electron chi connectivity index (χ0n) is 15.7. The number of ether oxygens (including phenoxy) is 2. The number of carbonyl (C=O) groups excluding carboxylic acids is 1. The number of likely N-dealkylation sites (tertiary alicyclic amines) is 1. The van der Waals surface area contributed by atoms with E-state index in [1.807, 2.05) is 42.6 Å². The molecular formula is C22H24N2O3. The molecule has 1 aliphatic rings. The largest absolute Gasteiger partial charge is 0.497 e. The molecule has 1 unspecified atom stereocenters. The molecule has 1 saturated heterocycles. The molecule has 2 heterocycles. The van der Waals surface area contributed by atoms with Crippen LogP contribution in [0.1, 0.15) is 17.5 Å². The maximum absolute atomic E-state index is 12.8. The van der Waals surface area contributed by atoms with Gasteiger partial charge in [-0.1, -0.05) is 30.3 Å². The molecule has 0 aliphatic carbocycles. The van der Waals surface area contributed by atoms with Crippen molar-refractivity contribution >= 4 is 16.9 Å². The van der Waals surface area contributed by atoms with Gasteiger partial charge in [-0.05, 0) is 35.7 Å². The van der Waals surface area contributed by atoms with E-state index >= 15 is 0 Å². The first-order valence-corrected chi connectivity index (χ1v) is 9.18. The monoisotopic (exact) mass is 364 g/mol. The van der Waals surface area contributed by atoms with Crippen LogP contribution in [0, 0.1) is 0 Å². The van der Waals surface area contributed by atoms with E-state index in [1.165, 1.54) is 7.11 Å². The number of benzene rings is 2. The predicted molar refractivity (Wildman–Crippen MR) is 105 cm³/mol. The second kappa shape index (κ2) is 7.08. The molecule has 0 spiro atoms. The minimum Gasteiger partial charge on any atom is -0.497 e. The van der Waals surface area contributed by atoms with Crippen LogP contribution in [0.3, 0.4) is 0 Å². The summed E-state index contributed by atoms with van der Waals surface area (Å²) in [5.41, 5.74) is 2.78. The minimum atomic E-state index is -0.611. The van der Waals surface area contributed by atoms with E-state index in [1.54, 1.807) is 7.11 Å². The van der Waals surface area contributed by atoms with Crippen molar-refractivity contribution < 1.29 is 14.3 Å². The summed E-state index contributed by atoms with van der Waals surface area (Å²) in [5, 5.41) is 1.16. The second-order valence-electron chi connectivity index (χ2n) is 7.08. The van der Waals surface area contributed by atoms with E-state index in [0.29, 0.717) is 13.0 Å². The van der Waals surface area contributed by atoms with Crippen LogP contribution in [0.25, 0.3) is 10.9 Å². The Labute approximate surface area is 158 Å². The lowest BCUT2D eigenvalue weighted by Gasteiger charge is -2.50. The third kappa shape index (κ3) is 3.08. The van der Waals surface area contributed by atoms with Crippen molar-refractivity contribution in [3.05, 3.63) is 65.9 Å². The highest BCUT2D eigenvalue weighted by Gasteiger charge is 2.52. The lowest BCUT2D eigenvalue weighted by atomic mass is 9.78. The standard InChI is InChI=1S/C22H24N2O3/c1-26-18-9-7-16(8-10-18)15-24-12-11-22(24,21(25)27-2)13-17-14-23-20-6-4-3-5-19(17)20/h3-10,14,23H,11-13,15H2,1-2H3. The van der Waals surface area contributed by atoms with Crippen LogP contribution in [-0.2, 0) is 22.5 Å². The van der Waals surface area contributed by atoms with Crippen LogP contribution >= 0.6 is 0 Å². The van der Waals surface area contributed by atoms with Crippen LogP contribution in [0.15, 0.2) is 54.7 Å². The lowest BCUT2D eigenvalue weighted by molar-refractivity contribution is -0.166. The Kier molecular flexibility index (Phi) is 4.62. The fourth-order valence-corrected chi connectivity index (χ4v) is 4.01. The minimum absolute atomic E-state index is 0.160. The van der Waals surface area contributed by atoms with Gasteiger partial charge in [0.05, 0.1) is 14.2 Å². The first kappa shape index (κ1) is 17.6. The second-order valence-corrected chi connectivity index (χ2v) is 7.08. The van der Waals surface area contributed by atoms with Crippen molar-refractivity contribution in [2.45, 2.75) is 24.9 Å². The molecule has 5 nitrogen and oxygen atoms in total. The molecule has 1 fully saturated rings. The molecule has 140 valence electrons. The van der Waals surface area contributed by atoms with Crippen LogP contribution in [0.5, 0.6) is 5.75 Å². The van der Waals surface area contributed by atoms with Crippen LogP contribution in [0.2, 0.25) is 0 Å². The molecule has 0 radical (unpaired) electrons. The van der Waals surface area contributed by atoms with Gasteiger partial charge in [-0.2, -0.15) is 0 Å². The first-order chi connectivity index (χ1) is 13.2. The summed E-state index contributed by atoms with van der Waals surface area (Å²) in [6.07, 6.45) is 3.45. The number of methoxy groups -OCH3 is 2. The van der Waals surface area contributed by atoms with Gasteiger partial charge in [-0.15, -0.1) is 0 Å². The lowest BCUT2D eigenvalue weighted by Crippen LogP contribution is -2.65. The summed E-state index contributed by atoms with van der Waals surface area (Å²) in [5.74, 6) is 0.674. The maximum atomic E-state index is 12.8. The van der Waals surface area contributed by atoms with Gasteiger partial charge in [0.25, 0.3) is 0 Å². The van der Waals surface area contributed by atoms with Gasteiger partial charge in [0, 0.05) is 36.6 Å². The van der Waals surface area contributed by atoms with Crippen molar-refractivity contribution in [2.75, 3.05) is 20.8 Å². The van der Waals surface area contributed by atoms with E-state index in [4.69, 9.17) is 9.47 Å². The van der Waals surface area contributed by atoms with Crippen molar-refractivity contribution in [2.24, 2.45) is 0 Å². The normalized spacial score (nSPS) is 19.6. The number of H-pyrrole nitrogens is 1. The molecule has 2 aromatic carbocycles. The molecule has 5 heteroatoms. The molecule has 1 aliphatic heterocycles. The third-order valence-electron chi connectivity index (χ3n) is 5.66. The Hall–Kier alpha value is -2.79. The third-order valence-corrected chi connectivity index (χ3v) is 5.66. The Bertz CT molecular complexity index is 948. The molecule has 0 saturated carbocycles. The van der Waals surface area contributed by atoms with Crippen molar-refractivity contribution in [3.63, 3.8) is 0 Å². The van der Waals surface area contributed by atoms with E-state index in [2.05, 4.69) is 22.0 Å². The van der Waals surface area contributed by atoms with Crippen molar-refractivity contribution in [1.82, 2.24) is 9.88 Å². The van der Waals surface area contributed by atoms with Gasteiger partial charge in [0.1, 0.15) is 11.3 Å². The molecule has 1 N–H and O–H groups in total. The number of hydrogen-bond donors (Lipinski definition) is 1. The topological polar surface area (TPSA) is 54.6 Å². The highest BCUT2D eigenvalue weighted by molar-refractivity contribution is 5.87. The number of para-hydroxylation sites is 1. The predicted octanol–water partition coefficient (Wildman–Crippen LogP) is 3.54. The first-order valence-electron chi connectivity index (χ1n) is 9.18. The molecule has 3 aromatic rings. The molecule has 27 heavy (non-hydrogen) atoms. The fourth-order valence-electron chi connectivity index (χ4n) is 4.01. The number of rotatable bonds is 6. The smallest absolute Gasteiger partial charge is 0.326 e. The summed E-state index contributed by atoms with van der Waals surface area (Å²) >= 11 is 0. The van der Waals surface area contributed by atoms with Gasteiger partial charge in [0.15, 0.2) is 0 Å². The van der Waals surface area contributed by atoms with Gasteiger partial charge < -0.3 is 14.5 Å². The molecule has 4 rings (SSSR count). The Balaban J connectivity index is 1.61. The maximum Gasteiger partial charge on any atom is 0.326 e. The number of aromatic amines is 1. The Morgan fingerprint density at radius 2 is 1.93 bits per heavy atom. The van der Waals surface area contributed by atoms with E-state index < -0.39 is 5.54 Å². The number of carbonyl (C=O) groups is 1. The number of esters is 1. The average molecular weight is 364 g/mol. The van der Waals surface area contributed by atoms with E-state index in [0.717, 1.165) is 40.7 Å². The average Bonchev–Trinajstić information content (AvgIpc) is 3.12. The van der Waals surface area contributed by atoms with Gasteiger partial charge in [-0.25, -0.2) is 0 Å². The quantitative estimate of drug-likeness (QED) is 0.680. The van der Waals surface area contributed by atoms with E-state index in [9.17, 15) is 4.79 Å². The van der Waals surface area contributed by atoms with Gasteiger partial charge in [-0.3, -0.25) is 9.69 Å². The summed E-state index contributed by atoms with van der Waals surface area (Å²) in [6, 6.07) is 16.2. The highest BCUT2D eigenvalue weighted by atomic mass is 16.5. The van der Waals surface area contributed by atoms with Crippen molar-refractivity contribution in [1.29, 1.82) is 0 Å². The number of nitrogens with one attached hydrogen (secondary N) is 1. The summed E-state index contributed by atoms with van der Waals surface area (Å²) in [4.78, 5) is 18.3. The summed E-state index contributed by atoms with van der Waals surface area (Å²) < 4.78 is 10.4. The van der Waals surface area contributed by atoms with Crippen LogP contribution < -0.4 is 4.74 Å². The Morgan fingerprint density at radius 1 is 1.15 bits per heavy atom. The highest BCUT2D eigenvalue weighted by Crippen LogP contribution is 2.38. The van der Waals surface area contributed by atoms with E-state index in [-0.39, 0.29) is 5.97 Å². The molecule has 1 aromatic heterocycles. The SMILES string of the molecule is COC(=O)C1(Cc2c[nH]c3ccccc23)CCN1Cc1ccc(OC)cc1. The Morgan fingerprint density at radius 3 is 2.59 bits per heavy atom. The fraction of sp³-hybridized carbons (Fsp3) is 0.318. The molecule has 0 amide bonds. The molecule has 1 atom stereocenters. The number of nitrogens with zero attached hydrogens (tertiary/aromatic N) is 1. The zero-order valence-corrected chi connectivity index (χ0v) is 15.7. The van der Waals surface area contributed by atoms with Gasteiger partial charge in [0.2, 0.25) is 0 Å². The van der Waals surface area contributed by atoms with Gasteiger partial charge >= 0.3 is 5.97 Å². The summed E-state index contributed by atoms with van der Waals surface area (Å²) in [6.45, 7) is 1.59. The molecular weight excluding hydrogens is 340 g/mol. The molecule has 0 bridgehead atoms. The number of hydrogen-bond acceptors (Lipinski definition) is 4. The zero-order chi connectivity index (χ0) is 18.9. The van der Waals surface area contributed by atoms with Crippen molar-refractivity contribution in [3.8, 4) is 5.75 Å². The number of aromatic nitrogens is 1. The van der Waals surface area contributed by atoms with Crippen LogP contribution in [0.4, 0.5) is 0 Å². The summed E-state index contributed by atoms with van der Waals surface area (Å²) in [7, 11) is 3.14. The number of fused-ring (bicyclic) bond motifs is 1. The van der Waals surface area contributed by atoms with Crippen LogP contribution in [-0.4, -0.2) is 42.2 Å².